The number of aliphatic hydroxyl groups is 1. The molecule has 4 heteroatoms. The first-order valence-electron chi connectivity index (χ1n) is 4.79. The van der Waals surface area contributed by atoms with Crippen LogP contribution in [0, 0.1) is 0 Å². The molecule has 76 valence electrons. The van der Waals surface area contributed by atoms with Crippen LogP contribution < -0.4 is 0 Å². The van der Waals surface area contributed by atoms with E-state index in [1.807, 2.05) is 0 Å². The van der Waals surface area contributed by atoms with E-state index in [1.54, 1.807) is 6.92 Å². The van der Waals surface area contributed by atoms with Gasteiger partial charge in [0.15, 0.2) is 0 Å². The topological polar surface area (TPSA) is 43.8 Å². The maximum Gasteiger partial charge on any atom is 0.133 e. The molecular weight excluding hydrogens is 168 g/mol. The number of carbonyl (C=O) groups is 1. The van der Waals surface area contributed by atoms with Crippen molar-refractivity contribution in [3.8, 4) is 0 Å². The smallest absolute Gasteiger partial charge is 0.133 e. The summed E-state index contributed by atoms with van der Waals surface area (Å²) in [4.78, 5) is 14.6. The number of β-amino-alcohol motifs (C(OH)–C–C–N with tert-alkyl or cyclic N) is 1. The van der Waals surface area contributed by atoms with Crippen molar-refractivity contribution in [1.29, 1.82) is 0 Å². The summed E-state index contributed by atoms with van der Waals surface area (Å²) < 4.78 is 0. The predicted molar refractivity (Wildman–Crippen MR) is 50.6 cm³/mol. The van der Waals surface area contributed by atoms with Crippen molar-refractivity contribution in [2.45, 2.75) is 13.0 Å². The van der Waals surface area contributed by atoms with Crippen molar-refractivity contribution in [1.82, 2.24) is 9.80 Å². The number of aliphatic hydroxyl groups excluding tert-OH is 1. The van der Waals surface area contributed by atoms with Crippen LogP contribution in [-0.4, -0.2) is 66.6 Å². The number of hydrogen-bond acceptors (Lipinski definition) is 4. The molecule has 0 aromatic rings. The van der Waals surface area contributed by atoms with Crippen molar-refractivity contribution in [2.75, 3.05) is 39.3 Å². The lowest BCUT2D eigenvalue weighted by atomic mass is 10.3. The molecule has 0 bridgehead atoms. The molecule has 1 heterocycles. The number of carbonyl (C=O) groups excluding carboxylic acids is 1. The summed E-state index contributed by atoms with van der Waals surface area (Å²) in [7, 11) is 0. The minimum absolute atomic E-state index is 0.252. The number of hydrogen-bond donors (Lipinski definition) is 1. The lowest BCUT2D eigenvalue weighted by Crippen LogP contribution is -2.48. The van der Waals surface area contributed by atoms with E-state index < -0.39 is 0 Å². The Bertz CT molecular complexity index is 154. The number of aldehydes is 1. The van der Waals surface area contributed by atoms with Gasteiger partial charge in [-0.05, 0) is 6.92 Å². The van der Waals surface area contributed by atoms with Crippen molar-refractivity contribution >= 4 is 6.29 Å². The molecular formula is C9H18N2O2. The fraction of sp³-hybridized carbons (Fsp3) is 0.889. The van der Waals surface area contributed by atoms with Gasteiger partial charge in [-0.2, -0.15) is 0 Å². The second kappa shape index (κ2) is 5.32. The summed E-state index contributed by atoms with van der Waals surface area (Å²) in [6, 6.07) is 0. The number of rotatable bonds is 4. The standard InChI is InChI=1S/C9H18N2O2/c1-9(13)8-11-4-2-10(3-5-11)6-7-12/h7,9,13H,2-6,8H2,1H3/t9-/m1/s1. The van der Waals surface area contributed by atoms with E-state index >= 15 is 0 Å². The number of nitrogens with zero attached hydrogens (tertiary/aromatic N) is 2. The van der Waals surface area contributed by atoms with Crippen LogP contribution in [0.3, 0.4) is 0 Å². The molecule has 1 atom stereocenters. The molecule has 0 saturated carbocycles. The molecule has 0 spiro atoms. The highest BCUT2D eigenvalue weighted by Gasteiger charge is 2.16. The molecule has 1 N–H and O–H groups in total. The van der Waals surface area contributed by atoms with Gasteiger partial charge in [0, 0.05) is 32.7 Å². The van der Waals surface area contributed by atoms with E-state index in [0.29, 0.717) is 6.54 Å². The molecule has 13 heavy (non-hydrogen) atoms. The summed E-state index contributed by atoms with van der Waals surface area (Å²) in [5, 5.41) is 9.16. The van der Waals surface area contributed by atoms with E-state index in [9.17, 15) is 4.79 Å². The van der Waals surface area contributed by atoms with Gasteiger partial charge >= 0.3 is 0 Å². The molecule has 0 aliphatic carbocycles. The lowest BCUT2D eigenvalue weighted by molar-refractivity contribution is -0.109. The molecule has 0 aromatic carbocycles. The van der Waals surface area contributed by atoms with Gasteiger partial charge in [-0.3, -0.25) is 9.80 Å². The minimum atomic E-state index is -0.252. The Labute approximate surface area is 79.1 Å². The summed E-state index contributed by atoms with van der Waals surface area (Å²) in [6.45, 7) is 6.88. The fourth-order valence-corrected chi connectivity index (χ4v) is 1.63. The maximum absolute atomic E-state index is 10.2. The van der Waals surface area contributed by atoms with Gasteiger partial charge in [-0.1, -0.05) is 0 Å². The maximum atomic E-state index is 10.2. The molecule has 0 unspecified atom stereocenters. The van der Waals surface area contributed by atoms with Crippen LogP contribution in [0.2, 0.25) is 0 Å². The van der Waals surface area contributed by atoms with Gasteiger partial charge in [0.2, 0.25) is 0 Å². The van der Waals surface area contributed by atoms with Gasteiger partial charge in [0.25, 0.3) is 0 Å². The molecule has 1 rings (SSSR count). The van der Waals surface area contributed by atoms with Gasteiger partial charge in [0.05, 0.1) is 12.6 Å². The highest BCUT2D eigenvalue weighted by Crippen LogP contribution is 2.01. The first-order chi connectivity index (χ1) is 6.22. The molecule has 4 nitrogen and oxygen atoms in total. The minimum Gasteiger partial charge on any atom is -0.392 e. The third kappa shape index (κ3) is 3.85. The van der Waals surface area contributed by atoms with Gasteiger partial charge in [0.1, 0.15) is 6.29 Å². The normalized spacial score (nSPS) is 22.9. The monoisotopic (exact) mass is 186 g/mol. The molecule has 1 aliphatic heterocycles. The van der Waals surface area contributed by atoms with E-state index in [1.165, 1.54) is 0 Å². The average Bonchev–Trinajstić information content (AvgIpc) is 2.08. The third-order valence-corrected chi connectivity index (χ3v) is 2.32. The van der Waals surface area contributed by atoms with E-state index in [0.717, 1.165) is 39.0 Å². The molecule has 0 aromatic heterocycles. The Kier molecular flexibility index (Phi) is 4.35. The Morgan fingerprint density at radius 1 is 1.31 bits per heavy atom. The highest BCUT2D eigenvalue weighted by atomic mass is 16.3. The van der Waals surface area contributed by atoms with Crippen LogP contribution in [0.25, 0.3) is 0 Å². The zero-order chi connectivity index (χ0) is 9.68. The summed E-state index contributed by atoms with van der Waals surface area (Å²) in [6.07, 6.45) is 0.697. The number of piperazine rings is 1. The van der Waals surface area contributed by atoms with Gasteiger partial charge in [-0.25, -0.2) is 0 Å². The zero-order valence-electron chi connectivity index (χ0n) is 8.15. The second-order valence-corrected chi connectivity index (χ2v) is 3.62. The third-order valence-electron chi connectivity index (χ3n) is 2.32. The fourth-order valence-electron chi connectivity index (χ4n) is 1.63. The molecule has 0 radical (unpaired) electrons. The lowest BCUT2D eigenvalue weighted by Gasteiger charge is -2.34. The Hall–Kier alpha value is -0.450. The largest absolute Gasteiger partial charge is 0.392 e. The van der Waals surface area contributed by atoms with Crippen LogP contribution in [0.1, 0.15) is 6.92 Å². The quantitative estimate of drug-likeness (QED) is 0.583. The average molecular weight is 186 g/mol. The molecule has 1 aliphatic rings. The summed E-state index contributed by atoms with van der Waals surface area (Å²) in [5.74, 6) is 0. The van der Waals surface area contributed by atoms with Crippen LogP contribution >= 0.6 is 0 Å². The van der Waals surface area contributed by atoms with Gasteiger partial charge < -0.3 is 9.90 Å². The molecule has 1 saturated heterocycles. The van der Waals surface area contributed by atoms with Crippen LogP contribution in [0.15, 0.2) is 0 Å². The second-order valence-electron chi connectivity index (χ2n) is 3.62. The zero-order valence-corrected chi connectivity index (χ0v) is 8.15. The van der Waals surface area contributed by atoms with Crippen LogP contribution in [0.4, 0.5) is 0 Å². The van der Waals surface area contributed by atoms with E-state index in [2.05, 4.69) is 9.80 Å². The predicted octanol–water partition coefficient (Wildman–Crippen LogP) is -0.816. The van der Waals surface area contributed by atoms with Crippen molar-refractivity contribution < 1.29 is 9.90 Å². The Morgan fingerprint density at radius 3 is 2.31 bits per heavy atom. The van der Waals surface area contributed by atoms with Crippen LogP contribution in [0.5, 0.6) is 0 Å². The Morgan fingerprint density at radius 2 is 1.85 bits per heavy atom. The van der Waals surface area contributed by atoms with Crippen molar-refractivity contribution in [2.24, 2.45) is 0 Å². The van der Waals surface area contributed by atoms with Crippen molar-refractivity contribution in [3.63, 3.8) is 0 Å². The highest BCUT2D eigenvalue weighted by molar-refractivity contribution is 5.51. The molecule has 0 amide bonds. The Balaban J connectivity index is 2.18. The first-order valence-corrected chi connectivity index (χ1v) is 4.79. The summed E-state index contributed by atoms with van der Waals surface area (Å²) in [5.41, 5.74) is 0. The van der Waals surface area contributed by atoms with Gasteiger partial charge in [-0.15, -0.1) is 0 Å². The van der Waals surface area contributed by atoms with Crippen molar-refractivity contribution in [3.05, 3.63) is 0 Å². The SMILES string of the molecule is C[C@@H](O)CN1CCN(CC=O)CC1. The summed E-state index contributed by atoms with van der Waals surface area (Å²) >= 11 is 0. The van der Waals surface area contributed by atoms with E-state index in [4.69, 9.17) is 5.11 Å². The first kappa shape index (κ1) is 10.6. The van der Waals surface area contributed by atoms with Crippen LogP contribution in [-0.2, 0) is 4.79 Å². The molecule has 1 fully saturated rings. The van der Waals surface area contributed by atoms with E-state index in [-0.39, 0.29) is 6.10 Å².